The molecule has 1 aliphatic carbocycles. The van der Waals surface area contributed by atoms with Crippen molar-refractivity contribution in [3.8, 4) is 0 Å². The van der Waals surface area contributed by atoms with Crippen LogP contribution in [0.4, 0.5) is 0 Å². The van der Waals surface area contributed by atoms with Crippen molar-refractivity contribution in [1.29, 1.82) is 0 Å². The van der Waals surface area contributed by atoms with Crippen molar-refractivity contribution in [3.05, 3.63) is 35.4 Å². The molecule has 21 heavy (non-hydrogen) atoms. The van der Waals surface area contributed by atoms with E-state index in [1.165, 1.54) is 12.8 Å². The van der Waals surface area contributed by atoms with E-state index in [1.54, 1.807) is 18.2 Å². The van der Waals surface area contributed by atoms with Crippen molar-refractivity contribution < 1.29 is 14.7 Å². The summed E-state index contributed by atoms with van der Waals surface area (Å²) in [4.78, 5) is 25.5. The summed E-state index contributed by atoms with van der Waals surface area (Å²) in [6.45, 7) is 2.76. The minimum atomic E-state index is -0.929. The molecule has 1 fully saturated rings. The Morgan fingerprint density at radius 2 is 1.90 bits per heavy atom. The molecule has 1 saturated carbocycles. The number of nitrogens with zero attached hydrogens (tertiary/aromatic N) is 1. The first-order valence-electron chi connectivity index (χ1n) is 7.74. The molecule has 114 valence electrons. The molecule has 1 aromatic carbocycles. The van der Waals surface area contributed by atoms with E-state index in [0.29, 0.717) is 24.4 Å². The van der Waals surface area contributed by atoms with Gasteiger partial charge < -0.3 is 10.0 Å². The SMILES string of the molecule is CCN(C(=O)CCc1ccccc1C(=O)O)C1CCCC1. The normalized spacial score (nSPS) is 15.1. The van der Waals surface area contributed by atoms with Crippen molar-refractivity contribution in [1.82, 2.24) is 4.90 Å². The molecule has 4 heteroatoms. The molecular formula is C17H23NO3. The molecule has 4 nitrogen and oxygen atoms in total. The molecule has 0 heterocycles. The second kappa shape index (κ2) is 7.25. The van der Waals surface area contributed by atoms with Crippen LogP contribution in [0, 0.1) is 0 Å². The number of carbonyl (C=O) groups excluding carboxylic acids is 1. The minimum Gasteiger partial charge on any atom is -0.478 e. The molecule has 1 aliphatic rings. The predicted octanol–water partition coefficient (Wildman–Crippen LogP) is 3.11. The number of rotatable bonds is 6. The molecule has 0 saturated heterocycles. The molecule has 2 rings (SSSR count). The summed E-state index contributed by atoms with van der Waals surface area (Å²) in [6, 6.07) is 7.31. The molecule has 0 atom stereocenters. The first kappa shape index (κ1) is 15.5. The molecule has 1 aromatic rings. The summed E-state index contributed by atoms with van der Waals surface area (Å²) in [6.07, 6.45) is 5.49. The molecule has 0 aromatic heterocycles. The Kier molecular flexibility index (Phi) is 5.37. The van der Waals surface area contributed by atoms with Gasteiger partial charge in [-0.2, -0.15) is 0 Å². The third-order valence-electron chi connectivity index (χ3n) is 4.28. The summed E-state index contributed by atoms with van der Waals surface area (Å²) in [5, 5.41) is 9.16. The largest absolute Gasteiger partial charge is 0.478 e. The van der Waals surface area contributed by atoms with Crippen molar-refractivity contribution in [2.75, 3.05) is 6.54 Å². The van der Waals surface area contributed by atoms with Crippen LogP contribution in [0.25, 0.3) is 0 Å². The minimum absolute atomic E-state index is 0.143. The average Bonchev–Trinajstić information content (AvgIpc) is 3.00. The van der Waals surface area contributed by atoms with Crippen molar-refractivity contribution in [2.45, 2.75) is 51.5 Å². The zero-order chi connectivity index (χ0) is 15.2. The fraction of sp³-hybridized carbons (Fsp3) is 0.529. The van der Waals surface area contributed by atoms with Gasteiger partial charge in [0.2, 0.25) is 5.91 Å². The van der Waals surface area contributed by atoms with Gasteiger partial charge in [-0.3, -0.25) is 4.79 Å². The van der Waals surface area contributed by atoms with Crippen LogP contribution in [0.3, 0.4) is 0 Å². The number of carboxylic acid groups (broad SMARTS) is 1. The fourth-order valence-electron chi connectivity index (χ4n) is 3.19. The summed E-state index contributed by atoms with van der Waals surface area (Å²) in [5.74, 6) is -0.786. The van der Waals surface area contributed by atoms with Crippen LogP contribution in [0.15, 0.2) is 24.3 Å². The smallest absolute Gasteiger partial charge is 0.335 e. The third kappa shape index (κ3) is 3.84. The summed E-state index contributed by atoms with van der Waals surface area (Å²) >= 11 is 0. The highest BCUT2D eigenvalue weighted by Crippen LogP contribution is 2.24. The average molecular weight is 289 g/mol. The van der Waals surface area contributed by atoms with Crippen LogP contribution in [0.2, 0.25) is 0 Å². The Morgan fingerprint density at radius 3 is 2.52 bits per heavy atom. The highest BCUT2D eigenvalue weighted by Gasteiger charge is 2.25. The lowest BCUT2D eigenvalue weighted by Crippen LogP contribution is -2.38. The lowest BCUT2D eigenvalue weighted by molar-refractivity contribution is -0.133. The highest BCUT2D eigenvalue weighted by atomic mass is 16.4. The summed E-state index contributed by atoms with van der Waals surface area (Å²) in [5.41, 5.74) is 1.04. The Labute approximate surface area is 125 Å². The van der Waals surface area contributed by atoms with Crippen molar-refractivity contribution in [3.63, 3.8) is 0 Å². The van der Waals surface area contributed by atoms with E-state index in [1.807, 2.05) is 17.9 Å². The van der Waals surface area contributed by atoms with Gasteiger partial charge in [-0.25, -0.2) is 4.79 Å². The van der Waals surface area contributed by atoms with Crippen molar-refractivity contribution in [2.24, 2.45) is 0 Å². The zero-order valence-electron chi connectivity index (χ0n) is 12.5. The van der Waals surface area contributed by atoms with Gasteiger partial charge in [0.15, 0.2) is 0 Å². The van der Waals surface area contributed by atoms with Crippen LogP contribution in [-0.2, 0) is 11.2 Å². The van der Waals surface area contributed by atoms with Crippen LogP contribution < -0.4 is 0 Å². The first-order valence-corrected chi connectivity index (χ1v) is 7.74. The topological polar surface area (TPSA) is 57.6 Å². The zero-order valence-corrected chi connectivity index (χ0v) is 12.5. The maximum atomic E-state index is 12.4. The van der Waals surface area contributed by atoms with E-state index < -0.39 is 5.97 Å². The Balaban J connectivity index is 1.98. The molecule has 0 spiro atoms. The first-order chi connectivity index (χ1) is 10.1. The van der Waals surface area contributed by atoms with Crippen LogP contribution in [0.1, 0.15) is 54.9 Å². The number of hydrogen-bond donors (Lipinski definition) is 1. The maximum absolute atomic E-state index is 12.4. The van der Waals surface area contributed by atoms with E-state index in [9.17, 15) is 9.59 Å². The monoisotopic (exact) mass is 289 g/mol. The number of benzene rings is 1. The summed E-state index contributed by atoms with van der Waals surface area (Å²) in [7, 11) is 0. The number of carbonyl (C=O) groups is 2. The van der Waals surface area contributed by atoms with Gasteiger partial charge >= 0.3 is 5.97 Å². The van der Waals surface area contributed by atoms with Gasteiger partial charge in [-0.05, 0) is 37.8 Å². The maximum Gasteiger partial charge on any atom is 0.335 e. The standard InChI is InChI=1S/C17H23NO3/c1-2-18(14-8-4-5-9-14)16(19)12-11-13-7-3-6-10-15(13)17(20)21/h3,6-7,10,14H,2,4-5,8-9,11-12H2,1H3,(H,20,21). The quantitative estimate of drug-likeness (QED) is 0.875. The molecule has 0 aliphatic heterocycles. The predicted molar refractivity (Wildman–Crippen MR) is 81.4 cm³/mol. The van der Waals surface area contributed by atoms with Gasteiger partial charge in [-0.15, -0.1) is 0 Å². The van der Waals surface area contributed by atoms with Gasteiger partial charge in [0.05, 0.1) is 5.56 Å². The molecule has 1 N–H and O–H groups in total. The number of aromatic carboxylic acids is 1. The lowest BCUT2D eigenvalue weighted by atomic mass is 10.0. The Morgan fingerprint density at radius 1 is 1.24 bits per heavy atom. The van der Waals surface area contributed by atoms with Crippen molar-refractivity contribution >= 4 is 11.9 Å². The van der Waals surface area contributed by atoms with E-state index in [4.69, 9.17) is 5.11 Å². The van der Waals surface area contributed by atoms with Gasteiger partial charge in [0, 0.05) is 19.0 Å². The van der Waals surface area contributed by atoms with E-state index in [2.05, 4.69) is 0 Å². The second-order valence-electron chi connectivity index (χ2n) is 5.58. The Hall–Kier alpha value is -1.84. The second-order valence-corrected chi connectivity index (χ2v) is 5.58. The van der Waals surface area contributed by atoms with E-state index in [-0.39, 0.29) is 5.91 Å². The van der Waals surface area contributed by atoms with Gasteiger partial charge in [-0.1, -0.05) is 31.0 Å². The molecule has 1 amide bonds. The van der Waals surface area contributed by atoms with E-state index in [0.717, 1.165) is 24.9 Å². The van der Waals surface area contributed by atoms with Crippen LogP contribution >= 0.6 is 0 Å². The molecule has 0 unspecified atom stereocenters. The number of hydrogen-bond acceptors (Lipinski definition) is 2. The van der Waals surface area contributed by atoms with Crippen LogP contribution in [0.5, 0.6) is 0 Å². The Bertz CT molecular complexity index is 507. The number of amides is 1. The molecule has 0 bridgehead atoms. The third-order valence-corrected chi connectivity index (χ3v) is 4.28. The van der Waals surface area contributed by atoms with Gasteiger partial charge in [0.25, 0.3) is 0 Å². The van der Waals surface area contributed by atoms with Gasteiger partial charge in [0.1, 0.15) is 0 Å². The van der Waals surface area contributed by atoms with Crippen LogP contribution in [-0.4, -0.2) is 34.5 Å². The lowest BCUT2D eigenvalue weighted by Gasteiger charge is -2.27. The fourth-order valence-corrected chi connectivity index (χ4v) is 3.19. The number of aryl methyl sites for hydroxylation is 1. The van der Waals surface area contributed by atoms with E-state index >= 15 is 0 Å². The molecule has 0 radical (unpaired) electrons. The summed E-state index contributed by atoms with van der Waals surface area (Å²) < 4.78 is 0. The highest BCUT2D eigenvalue weighted by molar-refractivity contribution is 5.89. The number of carboxylic acids is 1. The molecular weight excluding hydrogens is 266 g/mol.